The van der Waals surface area contributed by atoms with Crippen molar-refractivity contribution < 1.29 is 9.26 Å². The lowest BCUT2D eigenvalue weighted by Gasteiger charge is -2.25. The van der Waals surface area contributed by atoms with Crippen molar-refractivity contribution in [2.24, 2.45) is 5.73 Å². The van der Waals surface area contributed by atoms with E-state index in [4.69, 9.17) is 15.0 Å². The molecule has 1 saturated carbocycles. The molecule has 1 aliphatic carbocycles. The predicted molar refractivity (Wildman–Crippen MR) is 66.2 cm³/mol. The van der Waals surface area contributed by atoms with Gasteiger partial charge in [0.1, 0.15) is 0 Å². The SMILES string of the molecule is NC1CCCCC1c1nc(CC2CCCO2)no1. The fraction of sp³-hybridized carbons (Fsp3) is 0.846. The van der Waals surface area contributed by atoms with E-state index in [-0.39, 0.29) is 18.1 Å². The lowest BCUT2D eigenvalue weighted by Crippen LogP contribution is -2.31. The monoisotopic (exact) mass is 251 g/mol. The Labute approximate surface area is 107 Å². The average molecular weight is 251 g/mol. The zero-order chi connectivity index (χ0) is 12.4. The first kappa shape index (κ1) is 12.1. The van der Waals surface area contributed by atoms with Crippen molar-refractivity contribution in [2.75, 3.05) is 6.61 Å². The molecule has 100 valence electrons. The van der Waals surface area contributed by atoms with E-state index < -0.39 is 0 Å². The lowest BCUT2D eigenvalue weighted by molar-refractivity contribution is 0.109. The van der Waals surface area contributed by atoms with E-state index in [1.54, 1.807) is 0 Å². The zero-order valence-corrected chi connectivity index (χ0v) is 10.7. The smallest absolute Gasteiger partial charge is 0.231 e. The van der Waals surface area contributed by atoms with Crippen molar-refractivity contribution in [1.29, 1.82) is 0 Å². The topological polar surface area (TPSA) is 74.2 Å². The van der Waals surface area contributed by atoms with Gasteiger partial charge < -0.3 is 15.0 Å². The molecule has 0 radical (unpaired) electrons. The van der Waals surface area contributed by atoms with Crippen LogP contribution in [0.15, 0.2) is 4.52 Å². The van der Waals surface area contributed by atoms with E-state index in [1.807, 2.05) is 0 Å². The number of nitrogens with two attached hydrogens (primary N) is 1. The quantitative estimate of drug-likeness (QED) is 0.886. The number of hydrogen-bond donors (Lipinski definition) is 1. The summed E-state index contributed by atoms with van der Waals surface area (Å²) in [7, 11) is 0. The van der Waals surface area contributed by atoms with E-state index in [9.17, 15) is 0 Å². The molecule has 3 rings (SSSR count). The molecule has 2 N–H and O–H groups in total. The Morgan fingerprint density at radius 2 is 2.06 bits per heavy atom. The highest BCUT2D eigenvalue weighted by atomic mass is 16.5. The van der Waals surface area contributed by atoms with Gasteiger partial charge in [-0.1, -0.05) is 18.0 Å². The number of rotatable bonds is 3. The molecule has 3 atom stereocenters. The molecule has 5 heteroatoms. The van der Waals surface area contributed by atoms with Gasteiger partial charge in [-0.2, -0.15) is 4.98 Å². The Bertz CT molecular complexity index is 387. The molecule has 0 spiro atoms. The molecular formula is C13H21N3O2. The second-order valence-electron chi connectivity index (χ2n) is 5.44. The summed E-state index contributed by atoms with van der Waals surface area (Å²) < 4.78 is 11.0. The normalized spacial score (nSPS) is 32.8. The minimum absolute atomic E-state index is 0.176. The van der Waals surface area contributed by atoms with Gasteiger partial charge in [-0.25, -0.2) is 0 Å². The molecule has 2 heterocycles. The van der Waals surface area contributed by atoms with Gasteiger partial charge in [0.15, 0.2) is 5.82 Å². The van der Waals surface area contributed by atoms with Gasteiger partial charge in [0.2, 0.25) is 5.89 Å². The Morgan fingerprint density at radius 1 is 1.17 bits per heavy atom. The second-order valence-corrected chi connectivity index (χ2v) is 5.44. The molecule has 5 nitrogen and oxygen atoms in total. The number of ether oxygens (including phenoxy) is 1. The largest absolute Gasteiger partial charge is 0.378 e. The van der Waals surface area contributed by atoms with Gasteiger partial charge in [-0.05, 0) is 25.7 Å². The summed E-state index contributed by atoms with van der Waals surface area (Å²) in [6.07, 6.45) is 7.85. The molecule has 0 bridgehead atoms. The van der Waals surface area contributed by atoms with Crippen LogP contribution in [0.2, 0.25) is 0 Å². The average Bonchev–Trinajstić information content (AvgIpc) is 3.02. The van der Waals surface area contributed by atoms with Gasteiger partial charge in [0.05, 0.1) is 12.0 Å². The van der Waals surface area contributed by atoms with E-state index in [2.05, 4.69) is 10.1 Å². The first-order chi connectivity index (χ1) is 8.83. The first-order valence-electron chi connectivity index (χ1n) is 7.02. The molecule has 1 aliphatic heterocycles. The summed E-state index contributed by atoms with van der Waals surface area (Å²) in [5, 5.41) is 4.07. The maximum Gasteiger partial charge on any atom is 0.231 e. The third-order valence-corrected chi connectivity index (χ3v) is 4.05. The summed E-state index contributed by atoms with van der Waals surface area (Å²) in [6.45, 7) is 0.864. The molecule has 1 aromatic rings. The van der Waals surface area contributed by atoms with Crippen LogP contribution < -0.4 is 5.73 Å². The Hall–Kier alpha value is -0.940. The molecule has 3 unspecified atom stereocenters. The van der Waals surface area contributed by atoms with Gasteiger partial charge in [-0.15, -0.1) is 0 Å². The van der Waals surface area contributed by atoms with Gasteiger partial charge in [-0.3, -0.25) is 0 Å². The standard InChI is InChI=1S/C13H21N3O2/c14-11-6-2-1-5-10(11)13-15-12(16-18-13)8-9-4-3-7-17-9/h9-11H,1-8,14H2. The van der Waals surface area contributed by atoms with Crippen molar-refractivity contribution in [3.63, 3.8) is 0 Å². The molecule has 2 fully saturated rings. The van der Waals surface area contributed by atoms with Gasteiger partial charge in [0.25, 0.3) is 0 Å². The highest BCUT2D eigenvalue weighted by Crippen LogP contribution is 2.31. The summed E-state index contributed by atoms with van der Waals surface area (Å²) in [4.78, 5) is 4.51. The summed E-state index contributed by atoms with van der Waals surface area (Å²) in [5.74, 6) is 1.76. The molecule has 0 aromatic carbocycles. The highest BCUT2D eigenvalue weighted by Gasteiger charge is 2.29. The van der Waals surface area contributed by atoms with E-state index in [1.165, 1.54) is 12.8 Å². The Morgan fingerprint density at radius 3 is 2.83 bits per heavy atom. The Balaban J connectivity index is 1.64. The molecule has 2 aliphatic rings. The highest BCUT2D eigenvalue weighted by molar-refractivity contribution is 5.01. The zero-order valence-electron chi connectivity index (χ0n) is 10.7. The van der Waals surface area contributed by atoms with Crippen LogP contribution in [0.4, 0.5) is 0 Å². The lowest BCUT2D eigenvalue weighted by atomic mass is 9.85. The maximum atomic E-state index is 6.13. The third-order valence-electron chi connectivity index (χ3n) is 4.05. The van der Waals surface area contributed by atoms with Crippen LogP contribution >= 0.6 is 0 Å². The molecule has 1 saturated heterocycles. The number of aromatic nitrogens is 2. The minimum Gasteiger partial charge on any atom is -0.378 e. The number of nitrogens with zero attached hydrogens (tertiary/aromatic N) is 2. The van der Waals surface area contributed by atoms with Gasteiger partial charge in [0, 0.05) is 19.1 Å². The minimum atomic E-state index is 0.176. The van der Waals surface area contributed by atoms with Crippen molar-refractivity contribution in [2.45, 2.75) is 63.0 Å². The summed E-state index contributed by atoms with van der Waals surface area (Å²) in [6, 6.07) is 0.176. The molecule has 18 heavy (non-hydrogen) atoms. The van der Waals surface area contributed by atoms with E-state index in [0.29, 0.717) is 0 Å². The van der Waals surface area contributed by atoms with Crippen molar-refractivity contribution in [1.82, 2.24) is 10.1 Å². The van der Waals surface area contributed by atoms with E-state index in [0.717, 1.165) is 50.4 Å². The first-order valence-corrected chi connectivity index (χ1v) is 7.02. The number of hydrogen-bond acceptors (Lipinski definition) is 5. The third kappa shape index (κ3) is 2.57. The predicted octanol–water partition coefficient (Wildman–Crippen LogP) is 1.78. The van der Waals surface area contributed by atoms with Crippen molar-refractivity contribution in [3.05, 3.63) is 11.7 Å². The molecular weight excluding hydrogens is 230 g/mol. The van der Waals surface area contributed by atoms with Crippen LogP contribution in [0.25, 0.3) is 0 Å². The Kier molecular flexibility index (Phi) is 3.61. The summed E-state index contributed by atoms with van der Waals surface area (Å²) in [5.41, 5.74) is 6.13. The van der Waals surface area contributed by atoms with Crippen LogP contribution in [-0.2, 0) is 11.2 Å². The van der Waals surface area contributed by atoms with Crippen LogP contribution in [0.3, 0.4) is 0 Å². The van der Waals surface area contributed by atoms with Crippen LogP contribution in [0.1, 0.15) is 56.2 Å². The van der Waals surface area contributed by atoms with Crippen LogP contribution in [0, 0.1) is 0 Å². The second kappa shape index (κ2) is 5.36. The fourth-order valence-electron chi connectivity index (χ4n) is 2.98. The van der Waals surface area contributed by atoms with Gasteiger partial charge >= 0.3 is 0 Å². The van der Waals surface area contributed by atoms with Crippen LogP contribution in [-0.4, -0.2) is 28.9 Å². The van der Waals surface area contributed by atoms with Crippen molar-refractivity contribution >= 4 is 0 Å². The molecule has 1 aromatic heterocycles. The van der Waals surface area contributed by atoms with E-state index >= 15 is 0 Å². The summed E-state index contributed by atoms with van der Waals surface area (Å²) >= 11 is 0. The van der Waals surface area contributed by atoms with Crippen molar-refractivity contribution in [3.8, 4) is 0 Å². The molecule has 0 amide bonds. The fourth-order valence-corrected chi connectivity index (χ4v) is 2.98. The maximum absolute atomic E-state index is 6.13. The van der Waals surface area contributed by atoms with Crippen LogP contribution in [0.5, 0.6) is 0 Å².